The van der Waals surface area contributed by atoms with Crippen LogP contribution >= 0.6 is 0 Å². The molecule has 8 heteroatoms. The van der Waals surface area contributed by atoms with Crippen LogP contribution in [0.5, 0.6) is 0 Å². The van der Waals surface area contributed by atoms with Gasteiger partial charge in [-0.3, -0.25) is 15.2 Å². The first-order valence-electron chi connectivity index (χ1n) is 8.95. The van der Waals surface area contributed by atoms with Crippen LogP contribution in [0.25, 0.3) is 11.3 Å². The summed E-state index contributed by atoms with van der Waals surface area (Å²) in [5.74, 6) is -0.504. The summed E-state index contributed by atoms with van der Waals surface area (Å²) >= 11 is 0. The van der Waals surface area contributed by atoms with E-state index < -0.39 is 16.8 Å². The molecule has 1 aromatic heterocycles. The Kier molecular flexibility index (Phi) is 4.59. The molecule has 146 valence electrons. The number of nitrogens with one attached hydrogen (secondary N) is 2. The van der Waals surface area contributed by atoms with Crippen molar-refractivity contribution in [1.29, 1.82) is 0 Å². The molecule has 0 saturated carbocycles. The molecule has 4 rings (SSSR count). The molecule has 0 bridgehead atoms. The van der Waals surface area contributed by atoms with Gasteiger partial charge >= 0.3 is 5.97 Å². The fourth-order valence-electron chi connectivity index (χ4n) is 3.69. The van der Waals surface area contributed by atoms with Gasteiger partial charge in [0.05, 0.1) is 23.3 Å². The highest BCUT2D eigenvalue weighted by atomic mass is 16.6. The number of carbonyl (C=O) groups excluding carboxylic acids is 1. The van der Waals surface area contributed by atoms with E-state index in [9.17, 15) is 14.9 Å². The molecule has 0 radical (unpaired) electrons. The molecule has 1 unspecified atom stereocenters. The number of benzene rings is 2. The lowest BCUT2D eigenvalue weighted by Crippen LogP contribution is -2.23. The molecule has 0 aliphatic carbocycles. The van der Waals surface area contributed by atoms with Gasteiger partial charge in [-0.05, 0) is 18.1 Å². The van der Waals surface area contributed by atoms with Crippen LogP contribution in [-0.4, -0.2) is 28.2 Å². The van der Waals surface area contributed by atoms with E-state index in [2.05, 4.69) is 15.5 Å². The number of nitrogens with zero attached hydrogens (tertiary/aromatic N) is 2. The van der Waals surface area contributed by atoms with E-state index in [0.717, 1.165) is 16.8 Å². The van der Waals surface area contributed by atoms with Crippen LogP contribution in [0.1, 0.15) is 24.0 Å². The summed E-state index contributed by atoms with van der Waals surface area (Å²) in [4.78, 5) is 23.6. The molecule has 1 aliphatic heterocycles. The summed E-state index contributed by atoms with van der Waals surface area (Å²) in [6, 6.07) is 15.9. The van der Waals surface area contributed by atoms with Gasteiger partial charge in [0.25, 0.3) is 5.69 Å². The van der Waals surface area contributed by atoms with E-state index in [-0.39, 0.29) is 5.69 Å². The summed E-state index contributed by atoms with van der Waals surface area (Å²) in [6.45, 7) is 1.76. The summed E-state index contributed by atoms with van der Waals surface area (Å²) in [7, 11) is 1.32. The van der Waals surface area contributed by atoms with Gasteiger partial charge in [0.1, 0.15) is 0 Å². The number of aromatic nitrogens is 2. The Morgan fingerprint density at radius 2 is 1.93 bits per heavy atom. The van der Waals surface area contributed by atoms with Crippen LogP contribution in [0, 0.1) is 10.1 Å². The maximum atomic E-state index is 12.7. The van der Waals surface area contributed by atoms with Crippen molar-refractivity contribution in [1.82, 2.24) is 10.2 Å². The van der Waals surface area contributed by atoms with Crippen molar-refractivity contribution in [3.63, 3.8) is 0 Å². The lowest BCUT2D eigenvalue weighted by molar-refractivity contribution is -0.384. The van der Waals surface area contributed by atoms with Crippen LogP contribution in [-0.2, 0) is 9.53 Å². The second kappa shape index (κ2) is 7.23. The number of carbonyl (C=O) groups is 1. The number of nitro benzene ring substituents is 1. The average Bonchev–Trinajstić information content (AvgIpc) is 3.16. The monoisotopic (exact) mass is 390 g/mol. The number of ether oxygens (including phenoxy) is 1. The Morgan fingerprint density at radius 3 is 2.62 bits per heavy atom. The zero-order valence-corrected chi connectivity index (χ0v) is 15.8. The van der Waals surface area contributed by atoms with E-state index in [1.54, 1.807) is 19.1 Å². The Morgan fingerprint density at radius 1 is 1.17 bits per heavy atom. The molecule has 1 aliphatic rings. The quantitative estimate of drug-likeness (QED) is 0.396. The number of esters is 1. The number of fused-ring (bicyclic) bond motifs is 1. The van der Waals surface area contributed by atoms with Crippen LogP contribution < -0.4 is 5.32 Å². The minimum absolute atomic E-state index is 0.0470. The molecule has 3 aromatic rings. The average molecular weight is 390 g/mol. The first-order valence-corrected chi connectivity index (χ1v) is 8.95. The van der Waals surface area contributed by atoms with Crippen molar-refractivity contribution < 1.29 is 14.5 Å². The van der Waals surface area contributed by atoms with Gasteiger partial charge in [0.15, 0.2) is 5.82 Å². The molecular weight excluding hydrogens is 372 g/mol. The lowest BCUT2D eigenvalue weighted by atomic mass is 9.80. The van der Waals surface area contributed by atoms with Crippen LogP contribution in [0.2, 0.25) is 0 Å². The number of anilines is 1. The molecule has 0 saturated heterocycles. The van der Waals surface area contributed by atoms with Crippen molar-refractivity contribution in [2.75, 3.05) is 12.4 Å². The Bertz CT molecular complexity index is 1130. The molecule has 0 amide bonds. The normalized spacial score (nSPS) is 15.4. The summed E-state index contributed by atoms with van der Waals surface area (Å²) in [6.07, 6.45) is 0. The molecule has 0 spiro atoms. The van der Waals surface area contributed by atoms with Gasteiger partial charge < -0.3 is 10.1 Å². The third-order valence-corrected chi connectivity index (χ3v) is 4.97. The fourth-order valence-corrected chi connectivity index (χ4v) is 3.69. The molecule has 2 N–H and O–H groups in total. The molecule has 2 aromatic carbocycles. The highest BCUT2D eigenvalue weighted by Gasteiger charge is 2.37. The zero-order valence-electron chi connectivity index (χ0n) is 15.8. The van der Waals surface area contributed by atoms with Crippen LogP contribution in [0.15, 0.2) is 65.9 Å². The minimum atomic E-state index is -0.576. The van der Waals surface area contributed by atoms with Gasteiger partial charge in [-0.15, -0.1) is 0 Å². The fraction of sp³-hybridized carbons (Fsp3) is 0.143. The highest BCUT2D eigenvalue weighted by molar-refractivity contribution is 5.95. The summed E-state index contributed by atoms with van der Waals surface area (Å²) < 4.78 is 5.03. The van der Waals surface area contributed by atoms with E-state index in [0.29, 0.717) is 22.7 Å². The molecule has 29 heavy (non-hydrogen) atoms. The number of methoxy groups -OCH3 is 1. The second-order valence-corrected chi connectivity index (χ2v) is 6.67. The molecule has 0 fully saturated rings. The number of nitro groups is 1. The Hall–Kier alpha value is -3.94. The van der Waals surface area contributed by atoms with Crippen molar-refractivity contribution >= 4 is 17.5 Å². The zero-order chi connectivity index (χ0) is 20.5. The lowest BCUT2D eigenvalue weighted by Gasteiger charge is -2.27. The minimum Gasteiger partial charge on any atom is -0.466 e. The van der Waals surface area contributed by atoms with Crippen molar-refractivity contribution in [3.8, 4) is 11.3 Å². The number of hydrogen-bond donors (Lipinski definition) is 2. The predicted molar refractivity (Wildman–Crippen MR) is 107 cm³/mol. The number of H-pyrrole nitrogens is 1. The second-order valence-electron chi connectivity index (χ2n) is 6.67. The Labute approximate surface area is 166 Å². The van der Waals surface area contributed by atoms with Gasteiger partial charge in [0, 0.05) is 29.3 Å². The third kappa shape index (κ3) is 3.14. The van der Waals surface area contributed by atoms with Crippen LogP contribution in [0.4, 0.5) is 11.5 Å². The van der Waals surface area contributed by atoms with Crippen LogP contribution in [0.3, 0.4) is 0 Å². The van der Waals surface area contributed by atoms with Gasteiger partial charge in [0.2, 0.25) is 0 Å². The Balaban J connectivity index is 1.98. The van der Waals surface area contributed by atoms with Gasteiger partial charge in [-0.25, -0.2) is 4.79 Å². The van der Waals surface area contributed by atoms with Gasteiger partial charge in [-0.2, -0.15) is 5.10 Å². The number of aromatic amines is 1. The SMILES string of the molecule is COC(=O)C1=C(C)Nc2n[nH]c(-c3ccccc3)c2C1c1cccc([N+](=O)[O-])c1. The highest BCUT2D eigenvalue weighted by Crippen LogP contribution is 2.46. The number of non-ortho nitro benzene ring substituents is 1. The third-order valence-electron chi connectivity index (χ3n) is 4.97. The van der Waals surface area contributed by atoms with Crippen molar-refractivity contribution in [3.05, 3.63) is 87.1 Å². The van der Waals surface area contributed by atoms with Gasteiger partial charge in [-0.1, -0.05) is 42.5 Å². The van der Waals surface area contributed by atoms with E-state index in [4.69, 9.17) is 4.74 Å². The van der Waals surface area contributed by atoms with E-state index in [1.807, 2.05) is 30.3 Å². The van der Waals surface area contributed by atoms with Crippen molar-refractivity contribution in [2.45, 2.75) is 12.8 Å². The first-order chi connectivity index (χ1) is 14.0. The largest absolute Gasteiger partial charge is 0.466 e. The standard InChI is InChI=1S/C21H18N4O4/c1-12-16(21(26)29-2)17(14-9-6-10-15(11-14)25(27)28)18-19(23-24-20(18)22-12)13-7-4-3-5-8-13/h3-11,17H,1-2H3,(H2,22,23,24). The molecule has 1 atom stereocenters. The molecule has 2 heterocycles. The van der Waals surface area contributed by atoms with E-state index >= 15 is 0 Å². The number of hydrogen-bond acceptors (Lipinski definition) is 6. The topological polar surface area (TPSA) is 110 Å². The smallest absolute Gasteiger partial charge is 0.336 e. The summed E-state index contributed by atoms with van der Waals surface area (Å²) in [5.41, 5.74) is 3.91. The molecule has 8 nitrogen and oxygen atoms in total. The number of rotatable bonds is 4. The first kappa shape index (κ1) is 18.4. The predicted octanol–water partition coefficient (Wildman–Crippen LogP) is 3.99. The molecular formula is C21H18N4O4. The van der Waals surface area contributed by atoms with E-state index in [1.165, 1.54) is 19.2 Å². The maximum Gasteiger partial charge on any atom is 0.336 e. The van der Waals surface area contributed by atoms with Crippen molar-refractivity contribution in [2.24, 2.45) is 0 Å². The number of allylic oxidation sites excluding steroid dienone is 1. The maximum absolute atomic E-state index is 12.7. The summed E-state index contributed by atoms with van der Waals surface area (Å²) in [5, 5.41) is 21.9.